The zero-order valence-corrected chi connectivity index (χ0v) is 19.5. The molecule has 0 N–H and O–H groups in total. The van der Waals surface area contributed by atoms with E-state index in [1.54, 1.807) is 9.80 Å². The molecular weight excluding hydrogens is 484 g/mol. The summed E-state index contributed by atoms with van der Waals surface area (Å²) in [7, 11) is 0. The molecule has 0 atom stereocenters. The van der Waals surface area contributed by atoms with Gasteiger partial charge < -0.3 is 9.80 Å². The summed E-state index contributed by atoms with van der Waals surface area (Å²) < 4.78 is 56.6. The lowest BCUT2D eigenvalue weighted by Gasteiger charge is -2.37. The highest BCUT2D eigenvalue weighted by molar-refractivity contribution is 6.33. The maximum Gasteiger partial charge on any atom is 0.417 e. The van der Waals surface area contributed by atoms with Gasteiger partial charge in [-0.2, -0.15) is 18.4 Å². The number of alkyl halides is 3. The van der Waals surface area contributed by atoms with Crippen LogP contribution in [0.15, 0.2) is 53.6 Å². The molecule has 1 saturated heterocycles. The molecule has 1 aliphatic rings. The molecule has 0 spiro atoms. The van der Waals surface area contributed by atoms with Crippen molar-refractivity contribution in [3.63, 3.8) is 0 Å². The largest absolute Gasteiger partial charge is 0.417 e. The normalized spacial score (nSPS) is 14.8. The second kappa shape index (κ2) is 10.3. The maximum absolute atomic E-state index is 15.8. The SMILES string of the molecule is C=CC(=O)N1CCN(/C(=C(/C)C#N)c2cc(Cl)c(-c3ccccc3C(F)(F)F)c(F)c2N=C)CC1. The number of piperazine rings is 1. The minimum Gasteiger partial charge on any atom is -0.367 e. The zero-order valence-electron chi connectivity index (χ0n) is 18.8. The summed E-state index contributed by atoms with van der Waals surface area (Å²) in [5.74, 6) is -1.31. The lowest BCUT2D eigenvalue weighted by atomic mass is 9.94. The fourth-order valence-corrected chi connectivity index (χ4v) is 4.37. The third-order valence-electron chi connectivity index (χ3n) is 5.71. The van der Waals surface area contributed by atoms with Crippen molar-refractivity contribution in [1.82, 2.24) is 9.80 Å². The first kappa shape index (κ1) is 26.0. The van der Waals surface area contributed by atoms with E-state index in [0.29, 0.717) is 31.9 Å². The first-order valence-electron chi connectivity index (χ1n) is 10.5. The molecular formula is C25H21ClF4N4O. The minimum absolute atomic E-state index is 0.123. The van der Waals surface area contributed by atoms with E-state index in [1.165, 1.54) is 31.2 Å². The standard InChI is InChI=1S/C25H21ClF4N4O/c1-4-20(35)33-9-11-34(12-10-33)24(15(2)14-31)17-13-19(26)21(22(27)23(17)32-3)16-7-5-6-8-18(16)25(28,29)30/h4-8,13H,1,3,9-12H2,2H3/b24-15-. The predicted octanol–water partition coefficient (Wildman–Crippen LogP) is 6.08. The summed E-state index contributed by atoms with van der Waals surface area (Å²) in [6.45, 7) is 9.71. The van der Waals surface area contributed by atoms with Crippen LogP contribution in [-0.2, 0) is 11.0 Å². The summed E-state index contributed by atoms with van der Waals surface area (Å²) in [4.78, 5) is 19.1. The van der Waals surface area contributed by atoms with Crippen LogP contribution in [0, 0.1) is 17.1 Å². The van der Waals surface area contributed by atoms with Crippen LogP contribution in [-0.4, -0.2) is 48.6 Å². The average molecular weight is 505 g/mol. The molecule has 35 heavy (non-hydrogen) atoms. The number of benzene rings is 2. The fraction of sp³-hybridized carbons (Fsp3) is 0.240. The van der Waals surface area contributed by atoms with E-state index in [9.17, 15) is 23.2 Å². The van der Waals surface area contributed by atoms with Crippen molar-refractivity contribution in [2.75, 3.05) is 26.2 Å². The quantitative estimate of drug-likeness (QED) is 0.214. The Bertz CT molecular complexity index is 1260. The van der Waals surface area contributed by atoms with E-state index in [-0.39, 0.29) is 27.8 Å². The Hall–Kier alpha value is -3.64. The molecule has 182 valence electrons. The third kappa shape index (κ3) is 5.08. The van der Waals surface area contributed by atoms with E-state index in [2.05, 4.69) is 18.3 Å². The van der Waals surface area contributed by atoms with Gasteiger partial charge in [0, 0.05) is 37.3 Å². The zero-order chi connectivity index (χ0) is 25.9. The Morgan fingerprint density at radius 2 is 1.80 bits per heavy atom. The van der Waals surface area contributed by atoms with Crippen molar-refractivity contribution in [1.29, 1.82) is 5.26 Å². The van der Waals surface area contributed by atoms with Gasteiger partial charge in [-0.25, -0.2) is 4.39 Å². The number of carbonyl (C=O) groups excluding carboxylic acids is 1. The number of hydrogen-bond acceptors (Lipinski definition) is 4. The number of carbonyl (C=O) groups is 1. The summed E-state index contributed by atoms with van der Waals surface area (Å²) in [6, 6.07) is 7.86. The van der Waals surface area contributed by atoms with E-state index >= 15 is 4.39 Å². The summed E-state index contributed by atoms with van der Waals surface area (Å²) in [6.07, 6.45) is -3.53. The van der Waals surface area contributed by atoms with E-state index < -0.39 is 28.7 Å². The number of nitrogens with zero attached hydrogens (tertiary/aromatic N) is 4. The Morgan fingerprint density at radius 1 is 1.20 bits per heavy atom. The highest BCUT2D eigenvalue weighted by Gasteiger charge is 2.35. The Kier molecular flexibility index (Phi) is 7.66. The predicted molar refractivity (Wildman–Crippen MR) is 128 cm³/mol. The molecule has 3 rings (SSSR count). The van der Waals surface area contributed by atoms with Gasteiger partial charge in [0.25, 0.3) is 0 Å². The van der Waals surface area contributed by atoms with Gasteiger partial charge in [0.15, 0.2) is 5.82 Å². The molecule has 2 aromatic carbocycles. The summed E-state index contributed by atoms with van der Waals surface area (Å²) in [5, 5.41) is 9.35. The summed E-state index contributed by atoms with van der Waals surface area (Å²) in [5.41, 5.74) is -1.60. The molecule has 5 nitrogen and oxygen atoms in total. The van der Waals surface area contributed by atoms with Crippen LogP contribution in [0.4, 0.5) is 23.2 Å². The van der Waals surface area contributed by atoms with Crippen molar-refractivity contribution in [3.8, 4) is 17.2 Å². The van der Waals surface area contributed by atoms with Gasteiger partial charge in [-0.05, 0) is 37.4 Å². The highest BCUT2D eigenvalue weighted by Crippen LogP contribution is 2.45. The molecule has 0 bridgehead atoms. The highest BCUT2D eigenvalue weighted by atomic mass is 35.5. The van der Waals surface area contributed by atoms with Gasteiger partial charge in [0.05, 0.1) is 27.9 Å². The van der Waals surface area contributed by atoms with Crippen molar-refractivity contribution in [2.45, 2.75) is 13.1 Å². The number of halogens is 5. The van der Waals surface area contributed by atoms with Crippen LogP contribution >= 0.6 is 11.6 Å². The second-order valence-corrected chi connectivity index (χ2v) is 8.15. The third-order valence-corrected chi connectivity index (χ3v) is 6.01. The van der Waals surface area contributed by atoms with Crippen LogP contribution < -0.4 is 0 Å². The fourth-order valence-electron chi connectivity index (χ4n) is 4.08. The number of allylic oxidation sites excluding steroid dienone is 1. The smallest absolute Gasteiger partial charge is 0.367 e. The first-order valence-corrected chi connectivity index (χ1v) is 10.9. The van der Waals surface area contributed by atoms with Crippen molar-refractivity contribution >= 4 is 35.6 Å². The maximum atomic E-state index is 15.8. The van der Waals surface area contributed by atoms with Gasteiger partial charge in [0.1, 0.15) is 5.69 Å². The lowest BCUT2D eigenvalue weighted by molar-refractivity contribution is -0.137. The van der Waals surface area contributed by atoms with Crippen LogP contribution in [0.2, 0.25) is 5.02 Å². The van der Waals surface area contributed by atoms with E-state index in [1.807, 2.05) is 6.07 Å². The number of rotatable bonds is 5. The number of hydrogen-bond donors (Lipinski definition) is 0. The van der Waals surface area contributed by atoms with Crippen LogP contribution in [0.1, 0.15) is 18.1 Å². The van der Waals surface area contributed by atoms with Crippen LogP contribution in [0.3, 0.4) is 0 Å². The Balaban J connectivity index is 2.18. The van der Waals surface area contributed by atoms with Gasteiger partial charge in [-0.3, -0.25) is 9.79 Å². The molecule has 0 aliphatic carbocycles. The Labute approximate surface area is 205 Å². The molecule has 1 amide bonds. The summed E-state index contributed by atoms with van der Waals surface area (Å²) >= 11 is 6.38. The molecule has 0 aromatic heterocycles. The van der Waals surface area contributed by atoms with Crippen molar-refractivity contribution in [2.24, 2.45) is 4.99 Å². The number of amides is 1. The molecule has 1 fully saturated rings. The second-order valence-electron chi connectivity index (χ2n) is 7.75. The monoisotopic (exact) mass is 504 g/mol. The van der Waals surface area contributed by atoms with Crippen molar-refractivity contribution in [3.05, 3.63) is 70.5 Å². The average Bonchev–Trinajstić information content (AvgIpc) is 2.83. The van der Waals surface area contributed by atoms with Gasteiger partial charge in [0.2, 0.25) is 5.91 Å². The molecule has 0 unspecified atom stereocenters. The lowest BCUT2D eigenvalue weighted by Crippen LogP contribution is -2.47. The van der Waals surface area contributed by atoms with Crippen LogP contribution in [0.5, 0.6) is 0 Å². The molecule has 1 aliphatic heterocycles. The number of aliphatic imine (C=N–C) groups is 1. The van der Waals surface area contributed by atoms with Crippen LogP contribution in [0.25, 0.3) is 16.8 Å². The minimum atomic E-state index is -4.74. The first-order chi connectivity index (χ1) is 16.5. The van der Waals surface area contributed by atoms with E-state index in [0.717, 1.165) is 12.1 Å². The van der Waals surface area contributed by atoms with Crippen molar-refractivity contribution < 1.29 is 22.4 Å². The number of nitriles is 1. The molecule has 0 saturated carbocycles. The van der Waals surface area contributed by atoms with Gasteiger partial charge >= 0.3 is 6.18 Å². The Morgan fingerprint density at radius 3 is 2.34 bits per heavy atom. The van der Waals surface area contributed by atoms with Gasteiger partial charge in [-0.1, -0.05) is 36.4 Å². The van der Waals surface area contributed by atoms with E-state index in [4.69, 9.17) is 11.6 Å². The molecule has 1 heterocycles. The van der Waals surface area contributed by atoms with Gasteiger partial charge in [-0.15, -0.1) is 0 Å². The molecule has 10 heteroatoms. The molecule has 2 aromatic rings. The topological polar surface area (TPSA) is 59.7 Å². The molecule has 0 radical (unpaired) electrons.